The summed E-state index contributed by atoms with van der Waals surface area (Å²) in [5, 5.41) is 13.1. The molecule has 2 aromatic rings. The summed E-state index contributed by atoms with van der Waals surface area (Å²) in [5.74, 6) is 0.918. The Bertz CT molecular complexity index is 1560. The fourth-order valence-electron chi connectivity index (χ4n) is 11.3. The van der Waals surface area contributed by atoms with Crippen LogP contribution in [0.25, 0.3) is 0 Å². The molecule has 11 atom stereocenters. The van der Waals surface area contributed by atoms with Gasteiger partial charge in [0, 0.05) is 36.8 Å². The van der Waals surface area contributed by atoms with Crippen molar-refractivity contribution in [1.82, 2.24) is 10.6 Å². The molecule has 6 rings (SSSR count). The molecule has 4 saturated carbocycles. The van der Waals surface area contributed by atoms with Crippen LogP contribution in [0.3, 0.4) is 0 Å². The molecule has 51 heavy (non-hydrogen) atoms. The Kier molecular flexibility index (Phi) is 11.0. The molecule has 4 aliphatic carbocycles. The van der Waals surface area contributed by atoms with E-state index in [1.807, 2.05) is 60.7 Å². The first-order chi connectivity index (χ1) is 24.4. The monoisotopic (exact) mass is 700 g/mol. The average molecular weight is 701 g/mol. The number of hydrogen-bond acceptors (Lipinski definition) is 6. The molecule has 0 saturated heterocycles. The lowest BCUT2D eigenvalue weighted by atomic mass is 9.42. The molecule has 10 nitrogen and oxygen atoms in total. The lowest BCUT2D eigenvalue weighted by Crippen LogP contribution is -2.67. The Morgan fingerprint density at radius 1 is 0.824 bits per heavy atom. The molecule has 0 heterocycles. The number of urea groups is 2. The van der Waals surface area contributed by atoms with Gasteiger partial charge >= 0.3 is 24.0 Å². The van der Waals surface area contributed by atoms with Crippen LogP contribution in [0.1, 0.15) is 85.5 Å². The highest BCUT2D eigenvalue weighted by Gasteiger charge is 2.66. The van der Waals surface area contributed by atoms with Gasteiger partial charge in [-0.3, -0.25) is 9.59 Å². The van der Waals surface area contributed by atoms with E-state index in [4.69, 9.17) is 9.47 Å². The topological polar surface area (TPSA) is 135 Å². The summed E-state index contributed by atoms with van der Waals surface area (Å²) in [6, 6.07) is 18.4. The Hall–Kier alpha value is -4.08. The zero-order chi connectivity index (χ0) is 36.3. The van der Waals surface area contributed by atoms with Gasteiger partial charge in [-0.2, -0.15) is 0 Å². The highest BCUT2D eigenvalue weighted by atomic mass is 16.5. The van der Waals surface area contributed by atoms with Gasteiger partial charge < -0.3 is 30.7 Å². The molecule has 0 aliphatic heterocycles. The van der Waals surface area contributed by atoms with E-state index in [1.54, 1.807) is 0 Å². The van der Waals surface area contributed by atoms with Crippen molar-refractivity contribution in [3.8, 4) is 0 Å². The van der Waals surface area contributed by atoms with Crippen molar-refractivity contribution in [2.24, 2.45) is 46.3 Å². The fraction of sp³-hybridized carbons (Fsp3) is 0.610. The van der Waals surface area contributed by atoms with Gasteiger partial charge in [-0.1, -0.05) is 57.2 Å². The fourth-order valence-corrected chi connectivity index (χ4v) is 11.3. The Labute approximate surface area is 302 Å². The maximum Gasteiger partial charge on any atom is 0.319 e. The van der Waals surface area contributed by atoms with E-state index >= 15 is 0 Å². The van der Waals surface area contributed by atoms with E-state index in [2.05, 4.69) is 42.0 Å². The first-order valence-corrected chi connectivity index (χ1v) is 18.9. The molecule has 4 fully saturated rings. The number of amides is 4. The molecular weight excluding hydrogens is 644 g/mol. The van der Waals surface area contributed by atoms with Crippen molar-refractivity contribution >= 4 is 35.4 Å². The first-order valence-electron chi connectivity index (χ1n) is 18.9. The SMILES string of the molecule is COC(=O)CC[C@@H](C)[C@H]1CC[C@H]2[C@@H]3[C@H](NC(=O)Nc4ccccc4)C[C@@H]4C[C@@H](OC(C)=O)CC[C@]4(C)[C@H]3C[C@H](NC(=O)Nc3ccccc3)[C@]12C. The van der Waals surface area contributed by atoms with Crippen molar-refractivity contribution in [1.29, 1.82) is 0 Å². The third-order valence-corrected chi connectivity index (χ3v) is 13.6. The number of fused-ring (bicyclic) bond motifs is 5. The van der Waals surface area contributed by atoms with Crippen molar-refractivity contribution in [2.75, 3.05) is 17.7 Å². The third-order valence-electron chi connectivity index (χ3n) is 13.6. The zero-order valence-electron chi connectivity index (χ0n) is 30.8. The van der Waals surface area contributed by atoms with E-state index in [1.165, 1.54) is 14.0 Å². The van der Waals surface area contributed by atoms with E-state index in [0.717, 1.165) is 62.7 Å². The van der Waals surface area contributed by atoms with Crippen molar-refractivity contribution in [3.05, 3.63) is 60.7 Å². The van der Waals surface area contributed by atoms with Gasteiger partial charge in [-0.25, -0.2) is 9.59 Å². The highest BCUT2D eigenvalue weighted by Crippen LogP contribution is 2.68. The van der Waals surface area contributed by atoms with Gasteiger partial charge in [0.15, 0.2) is 0 Å². The summed E-state index contributed by atoms with van der Waals surface area (Å²) in [5.41, 5.74) is 1.14. The smallest absolute Gasteiger partial charge is 0.319 e. The summed E-state index contributed by atoms with van der Waals surface area (Å²) in [6.07, 6.45) is 7.00. The van der Waals surface area contributed by atoms with Gasteiger partial charge in [0.25, 0.3) is 0 Å². The normalized spacial score (nSPS) is 34.4. The second kappa shape index (κ2) is 15.3. The Morgan fingerprint density at radius 3 is 2.06 bits per heavy atom. The summed E-state index contributed by atoms with van der Waals surface area (Å²) in [4.78, 5) is 51.8. The lowest BCUT2D eigenvalue weighted by molar-refractivity contribution is -0.166. The molecule has 0 unspecified atom stereocenters. The number of benzene rings is 2. The molecule has 4 N–H and O–H groups in total. The second-order valence-electron chi connectivity index (χ2n) is 16.2. The third kappa shape index (κ3) is 7.61. The zero-order valence-corrected chi connectivity index (χ0v) is 30.8. The predicted octanol–water partition coefficient (Wildman–Crippen LogP) is 7.77. The predicted molar refractivity (Wildman–Crippen MR) is 197 cm³/mol. The number of carbonyl (C=O) groups excluding carboxylic acids is 4. The molecule has 0 aromatic heterocycles. The summed E-state index contributed by atoms with van der Waals surface area (Å²) >= 11 is 0. The minimum atomic E-state index is -0.279. The van der Waals surface area contributed by atoms with Crippen LogP contribution < -0.4 is 21.3 Å². The maximum atomic E-state index is 13.8. The second-order valence-corrected chi connectivity index (χ2v) is 16.2. The van der Waals surface area contributed by atoms with Crippen LogP contribution in [-0.4, -0.2) is 49.3 Å². The Morgan fingerprint density at radius 2 is 1.45 bits per heavy atom. The molecule has 0 bridgehead atoms. The van der Waals surface area contributed by atoms with Crippen molar-refractivity contribution in [2.45, 2.75) is 104 Å². The van der Waals surface area contributed by atoms with Crippen LogP contribution in [0.4, 0.5) is 21.0 Å². The van der Waals surface area contributed by atoms with E-state index in [0.29, 0.717) is 6.42 Å². The number of methoxy groups -OCH3 is 1. The van der Waals surface area contributed by atoms with Gasteiger partial charge in [0.2, 0.25) is 0 Å². The molecule has 4 aliphatic rings. The van der Waals surface area contributed by atoms with Gasteiger partial charge in [-0.15, -0.1) is 0 Å². The lowest BCUT2D eigenvalue weighted by Gasteiger charge is -2.65. The number of anilines is 2. The number of para-hydroxylation sites is 2. The largest absolute Gasteiger partial charge is 0.469 e. The molecule has 4 amide bonds. The number of carbonyl (C=O) groups is 4. The van der Waals surface area contributed by atoms with Gasteiger partial charge in [-0.05, 0) is 122 Å². The van der Waals surface area contributed by atoms with Crippen LogP contribution in [0.15, 0.2) is 60.7 Å². The number of hydrogen-bond donors (Lipinski definition) is 4. The summed E-state index contributed by atoms with van der Waals surface area (Å²) in [7, 11) is 1.43. The van der Waals surface area contributed by atoms with E-state index < -0.39 is 0 Å². The summed E-state index contributed by atoms with van der Waals surface area (Å²) < 4.78 is 10.8. The quantitative estimate of drug-likeness (QED) is 0.198. The van der Waals surface area contributed by atoms with Crippen LogP contribution in [-0.2, 0) is 19.1 Å². The van der Waals surface area contributed by atoms with Crippen LogP contribution in [0.5, 0.6) is 0 Å². The van der Waals surface area contributed by atoms with Crippen LogP contribution in [0.2, 0.25) is 0 Å². The summed E-state index contributed by atoms with van der Waals surface area (Å²) in [6.45, 7) is 8.49. The van der Waals surface area contributed by atoms with E-state index in [9.17, 15) is 19.2 Å². The molecule has 0 radical (unpaired) electrons. The molecule has 2 aromatic carbocycles. The standard InChI is InChI=1S/C41H56N4O6/c1-25(16-19-36(47)50-5)31-17-18-32-37-33(24-35(41(31,32)4)45-39(49)43-29-14-10-7-11-15-29)40(3)21-20-30(51-26(2)46)22-27(40)23-34(37)44-38(48)42-28-12-8-6-9-13-28/h6-15,25,27,30-35,37H,16-24H2,1-5H3,(H2,42,44,48)(H2,43,45,49)/t25-,27+,30+,31-,32+,33+,34-,35+,37+,40+,41-/m1/s1. The molecule has 0 spiro atoms. The maximum absolute atomic E-state index is 13.8. The number of esters is 2. The minimum Gasteiger partial charge on any atom is -0.469 e. The number of rotatable bonds is 9. The number of ether oxygens (including phenoxy) is 2. The highest BCUT2D eigenvalue weighted by molar-refractivity contribution is 5.90. The Balaban J connectivity index is 1.35. The minimum absolute atomic E-state index is 0.0544. The van der Waals surface area contributed by atoms with Gasteiger partial charge in [0.1, 0.15) is 6.10 Å². The number of nitrogens with one attached hydrogen (secondary N) is 4. The van der Waals surface area contributed by atoms with Gasteiger partial charge in [0.05, 0.1) is 7.11 Å². The molecule has 10 heteroatoms. The van der Waals surface area contributed by atoms with Crippen LogP contribution in [0, 0.1) is 46.3 Å². The average Bonchev–Trinajstić information content (AvgIpc) is 3.46. The van der Waals surface area contributed by atoms with Crippen molar-refractivity contribution < 1.29 is 28.7 Å². The molecular formula is C41H56N4O6. The van der Waals surface area contributed by atoms with Crippen LogP contribution >= 0.6 is 0 Å². The van der Waals surface area contributed by atoms with E-state index in [-0.39, 0.29) is 88.5 Å². The first kappa shape index (κ1) is 36.7. The molecule has 276 valence electrons. The van der Waals surface area contributed by atoms with Crippen molar-refractivity contribution in [3.63, 3.8) is 0 Å².